The van der Waals surface area contributed by atoms with E-state index in [1.165, 1.54) is 0 Å². The Labute approximate surface area is 76.2 Å². The predicted octanol–water partition coefficient (Wildman–Crippen LogP) is -0.745. The Morgan fingerprint density at radius 3 is 0.571 bits per heavy atom. The third-order valence-corrected chi connectivity index (χ3v) is 0. The summed E-state index contributed by atoms with van der Waals surface area (Å²) in [5.74, 6) is 0. The molecule has 54 valence electrons. The average Bonchev–Trinajstić information content (AvgIpc) is 1.81. The van der Waals surface area contributed by atoms with Crippen LogP contribution >= 0.6 is 0 Å². The first-order valence-corrected chi connectivity index (χ1v) is 1.52. The molecule has 0 aromatic heterocycles. The number of hydrogen-bond donors (Lipinski definition) is 0. The SMILES string of the molecule is [Al+3].[O]=[Cu-].[O]=[Cu-].[O]=[Cu-]. The fourth-order valence-electron chi connectivity index (χ4n) is 0. The summed E-state index contributed by atoms with van der Waals surface area (Å²) in [6, 6.07) is 0. The standard InChI is InChI=1S/Al.3Cu.3O/q+3;3*-1;;;. The van der Waals surface area contributed by atoms with Gasteiger partial charge in [-0.25, -0.2) is 0 Å². The summed E-state index contributed by atoms with van der Waals surface area (Å²) in [6.07, 6.45) is 0. The van der Waals surface area contributed by atoms with Gasteiger partial charge in [0, 0.05) is 0 Å². The van der Waals surface area contributed by atoms with E-state index in [0.717, 1.165) is 0 Å². The van der Waals surface area contributed by atoms with Crippen molar-refractivity contribution in [2.75, 3.05) is 0 Å². The van der Waals surface area contributed by atoms with Crippen molar-refractivity contribution in [3.8, 4) is 0 Å². The summed E-state index contributed by atoms with van der Waals surface area (Å²) in [6.45, 7) is 0. The molecule has 0 aromatic rings. The van der Waals surface area contributed by atoms with Gasteiger partial charge >= 0.3 is 76.7 Å². The van der Waals surface area contributed by atoms with E-state index in [1.807, 2.05) is 0 Å². The van der Waals surface area contributed by atoms with E-state index in [-0.39, 0.29) is 17.4 Å². The molecule has 0 aliphatic heterocycles. The van der Waals surface area contributed by atoms with Crippen molar-refractivity contribution in [1.82, 2.24) is 0 Å². The van der Waals surface area contributed by atoms with E-state index in [4.69, 9.17) is 11.5 Å². The van der Waals surface area contributed by atoms with Crippen LogP contribution in [0.15, 0.2) is 0 Å². The molecule has 7 heteroatoms. The minimum absolute atomic E-state index is 0. The van der Waals surface area contributed by atoms with Crippen LogP contribution in [0.3, 0.4) is 0 Å². The Bertz CT molecular complexity index is 14.9. The third kappa shape index (κ3) is 102. The molecule has 0 saturated carbocycles. The second kappa shape index (κ2) is 142. The van der Waals surface area contributed by atoms with Crippen molar-refractivity contribution in [2.45, 2.75) is 0 Å². The zero-order valence-electron chi connectivity index (χ0n) is 2.71. The Balaban J connectivity index is -0.00000000900. The molecule has 0 heterocycles. The molecule has 0 fully saturated rings. The molecular weight excluding hydrogens is 266 g/mol. The molecule has 0 atom stereocenters. The second-order valence-corrected chi connectivity index (χ2v) is 0. The van der Waals surface area contributed by atoms with Gasteiger partial charge in [-0.2, -0.15) is 0 Å². The van der Waals surface area contributed by atoms with Crippen LogP contribution in [0.2, 0.25) is 0 Å². The molecule has 0 saturated heterocycles. The summed E-state index contributed by atoms with van der Waals surface area (Å²) >= 11 is 8.81. The Morgan fingerprint density at radius 2 is 0.571 bits per heavy atom. The molecule has 3 nitrogen and oxygen atoms in total. The summed E-state index contributed by atoms with van der Waals surface area (Å²) in [5.41, 5.74) is 0. The molecule has 0 rings (SSSR count). The van der Waals surface area contributed by atoms with E-state index in [9.17, 15) is 0 Å². The predicted molar refractivity (Wildman–Crippen MR) is 7.81 cm³/mol. The molecule has 0 aromatic carbocycles. The van der Waals surface area contributed by atoms with E-state index < -0.39 is 0 Å². The first kappa shape index (κ1) is 23.6. The molecule has 0 aliphatic carbocycles. The van der Waals surface area contributed by atoms with Gasteiger partial charge in [-0.05, 0) is 0 Å². The van der Waals surface area contributed by atoms with Crippen molar-refractivity contribution in [2.24, 2.45) is 0 Å². The van der Waals surface area contributed by atoms with Crippen LogP contribution in [0.5, 0.6) is 0 Å². The Hall–Kier alpha value is 1.49. The maximum atomic E-state index is 7.81. The van der Waals surface area contributed by atoms with Crippen molar-refractivity contribution < 1.29 is 59.3 Å². The van der Waals surface area contributed by atoms with Gasteiger partial charge in [-0.1, -0.05) is 0 Å². The third-order valence-electron chi connectivity index (χ3n) is 0. The molecule has 0 radical (unpaired) electrons. The van der Waals surface area contributed by atoms with E-state index in [1.54, 1.807) is 0 Å². The zero-order valence-corrected chi connectivity index (χ0v) is 6.69. The monoisotopic (exact) mass is 264 g/mol. The molecule has 0 spiro atoms. The summed E-state index contributed by atoms with van der Waals surface area (Å²) < 4.78 is 23.4. The molecule has 0 unspecified atom stereocenters. The quantitative estimate of drug-likeness (QED) is 0.542. The normalized spacial score (nSPS) is 2.57. The van der Waals surface area contributed by atoms with Crippen molar-refractivity contribution in [3.05, 3.63) is 0 Å². The van der Waals surface area contributed by atoms with E-state index >= 15 is 0 Å². The molecule has 0 bridgehead atoms. The van der Waals surface area contributed by atoms with Crippen LogP contribution in [-0.2, 0) is 59.3 Å². The van der Waals surface area contributed by atoms with Crippen LogP contribution in [0.25, 0.3) is 0 Å². The first-order chi connectivity index (χ1) is 3.00. The van der Waals surface area contributed by atoms with E-state index in [0.29, 0.717) is 0 Å². The number of hydrogen-bond acceptors (Lipinski definition) is 3. The maximum absolute atomic E-state index is 7.81. The topological polar surface area (TPSA) is 51.2 Å². The summed E-state index contributed by atoms with van der Waals surface area (Å²) in [5, 5.41) is 0. The molecule has 0 amide bonds. The second-order valence-electron chi connectivity index (χ2n) is 0. The van der Waals surface area contributed by atoms with Crippen LogP contribution in [0, 0.1) is 0 Å². The first-order valence-electron chi connectivity index (χ1n) is 0.369. The zero-order chi connectivity index (χ0) is 6.00. The van der Waals surface area contributed by atoms with Gasteiger partial charge in [-0.3, -0.25) is 0 Å². The van der Waals surface area contributed by atoms with Crippen LogP contribution in [-0.4, -0.2) is 17.4 Å². The van der Waals surface area contributed by atoms with Crippen LogP contribution in [0.1, 0.15) is 0 Å². The van der Waals surface area contributed by atoms with Gasteiger partial charge in [0.2, 0.25) is 0 Å². The van der Waals surface area contributed by atoms with Crippen LogP contribution < -0.4 is 0 Å². The fourth-order valence-corrected chi connectivity index (χ4v) is 0. The summed E-state index contributed by atoms with van der Waals surface area (Å²) in [4.78, 5) is 0. The molecule has 7 heavy (non-hydrogen) atoms. The average molecular weight is 266 g/mol. The van der Waals surface area contributed by atoms with Gasteiger partial charge in [-0.15, -0.1) is 0 Å². The van der Waals surface area contributed by atoms with Crippen LogP contribution in [0.4, 0.5) is 0 Å². The van der Waals surface area contributed by atoms with Gasteiger partial charge in [0.05, 0.1) is 0 Å². The van der Waals surface area contributed by atoms with E-state index in [2.05, 4.69) is 47.8 Å². The minimum atomic E-state index is 0. The number of rotatable bonds is 0. The van der Waals surface area contributed by atoms with Crippen molar-refractivity contribution >= 4 is 17.4 Å². The van der Waals surface area contributed by atoms with Gasteiger partial charge < -0.3 is 0 Å². The fraction of sp³-hybridized carbons (Fsp3) is 0. The molecular formula is AlCu3O3. The van der Waals surface area contributed by atoms with Gasteiger partial charge in [0.25, 0.3) is 0 Å². The Morgan fingerprint density at radius 1 is 0.571 bits per heavy atom. The molecule has 0 N–H and O–H groups in total. The van der Waals surface area contributed by atoms with Gasteiger partial charge in [0.1, 0.15) is 0 Å². The van der Waals surface area contributed by atoms with Gasteiger partial charge in [0.15, 0.2) is 0 Å². The van der Waals surface area contributed by atoms with Crippen molar-refractivity contribution in [3.63, 3.8) is 0 Å². The van der Waals surface area contributed by atoms with Crippen molar-refractivity contribution in [1.29, 1.82) is 0 Å². The summed E-state index contributed by atoms with van der Waals surface area (Å²) in [7, 11) is 0. The molecule has 0 aliphatic rings. The Kier molecular flexibility index (Phi) is 479.